The van der Waals surface area contributed by atoms with Crippen molar-refractivity contribution < 1.29 is 0 Å². The Kier molecular flexibility index (Phi) is 5.74. The monoisotopic (exact) mass is 436 g/mol. The molecule has 0 heterocycles. The van der Waals surface area contributed by atoms with Crippen LogP contribution in [0.3, 0.4) is 0 Å². The van der Waals surface area contributed by atoms with Gasteiger partial charge in [0, 0.05) is 0 Å². The molecule has 0 saturated heterocycles. The summed E-state index contributed by atoms with van der Waals surface area (Å²) < 4.78 is 0. The van der Waals surface area contributed by atoms with Crippen molar-refractivity contribution in [1.82, 2.24) is 0 Å². The van der Waals surface area contributed by atoms with Crippen LogP contribution in [0.25, 0.3) is 68.1 Å². The molecule has 0 amide bonds. The predicted octanol–water partition coefficient (Wildman–Crippen LogP) is 8.21. The molecule has 34 heavy (non-hydrogen) atoms. The average Bonchev–Trinajstić information content (AvgIpc) is 2.90. The van der Waals surface area contributed by atoms with E-state index in [0.29, 0.717) is 0 Å². The van der Waals surface area contributed by atoms with Gasteiger partial charge in [0.15, 0.2) is 0 Å². The van der Waals surface area contributed by atoms with E-state index in [2.05, 4.69) is 124 Å². The molecule has 0 aliphatic carbocycles. The second kappa shape index (κ2) is 9.00. The van der Waals surface area contributed by atoms with E-state index < -0.39 is 0 Å². The smallest absolute Gasteiger partial charge is 0.00236 e. The van der Waals surface area contributed by atoms with E-state index >= 15 is 0 Å². The van der Waals surface area contributed by atoms with Crippen LogP contribution in [0, 0.1) is 0 Å². The van der Waals surface area contributed by atoms with Crippen LogP contribution in [-0.2, 0) is 0 Å². The normalized spacial score (nSPS) is 12.4. The zero-order valence-corrected chi connectivity index (χ0v) is 19.8. The first-order valence-corrected chi connectivity index (χ1v) is 11.8. The Bertz CT molecular complexity index is 1700. The lowest BCUT2D eigenvalue weighted by Gasteiger charge is -2.18. The molecular weight excluding hydrogens is 408 g/mol. The lowest BCUT2D eigenvalue weighted by molar-refractivity contribution is 1.49. The van der Waals surface area contributed by atoms with Crippen LogP contribution in [0.4, 0.5) is 0 Å². The van der Waals surface area contributed by atoms with E-state index in [1.807, 2.05) is 12.2 Å². The summed E-state index contributed by atoms with van der Waals surface area (Å²) in [5.41, 5.74) is 7.16. The van der Waals surface area contributed by atoms with Gasteiger partial charge in [0.25, 0.3) is 0 Å². The van der Waals surface area contributed by atoms with Crippen molar-refractivity contribution in [2.24, 2.45) is 0 Å². The lowest BCUT2D eigenvalue weighted by atomic mass is 9.85. The first kappa shape index (κ1) is 21.7. The fraction of sp³-hybridized carbons (Fsp3) is 0.0588. The topological polar surface area (TPSA) is 0 Å². The molecule has 0 atom stereocenters. The predicted molar refractivity (Wildman–Crippen MR) is 152 cm³/mol. The van der Waals surface area contributed by atoms with Crippen molar-refractivity contribution >= 4 is 45.8 Å². The van der Waals surface area contributed by atoms with E-state index in [1.165, 1.54) is 54.2 Å². The summed E-state index contributed by atoms with van der Waals surface area (Å²) in [5, 5.41) is 7.51. The first-order chi connectivity index (χ1) is 16.7. The number of hydrogen-bond donors (Lipinski definition) is 0. The molecule has 0 aliphatic heterocycles. The molecule has 5 aromatic rings. The van der Waals surface area contributed by atoms with Crippen molar-refractivity contribution in [3.63, 3.8) is 0 Å². The van der Waals surface area contributed by atoms with Crippen molar-refractivity contribution in [2.75, 3.05) is 0 Å². The van der Waals surface area contributed by atoms with E-state index in [0.717, 1.165) is 11.1 Å². The van der Waals surface area contributed by atoms with Gasteiger partial charge < -0.3 is 0 Å². The number of rotatable bonds is 4. The lowest BCUT2D eigenvalue weighted by Crippen LogP contribution is -2.29. The molecule has 0 N–H and O–H groups in total. The molecule has 5 aromatic carbocycles. The fourth-order valence-electron chi connectivity index (χ4n) is 5.23. The standard InChI is InChI=1S/C34H28/c1-5-23-16-13-19-30(27(23)6-2)34-29(8-4)28(7-3)33(31-17-11-12-18-32(31)34)26-21-20-24-14-9-10-15-25(24)22-26/h5-22H,1-2H2,3-4H3. The molecule has 0 unspecified atom stereocenters. The molecule has 0 nitrogen and oxygen atoms in total. The van der Waals surface area contributed by atoms with Crippen LogP contribution in [0.1, 0.15) is 25.0 Å². The quantitative estimate of drug-likeness (QED) is 0.266. The SMILES string of the molecule is C=Cc1cccc(-c2c(=CC)c(=CC)c(-c3ccc4ccccc4c3)c3ccccc23)c1C=C. The number of benzene rings is 5. The van der Waals surface area contributed by atoms with Crippen LogP contribution >= 0.6 is 0 Å². The van der Waals surface area contributed by atoms with Crippen LogP contribution in [0.2, 0.25) is 0 Å². The van der Waals surface area contributed by atoms with Gasteiger partial charge >= 0.3 is 0 Å². The van der Waals surface area contributed by atoms with Gasteiger partial charge in [-0.3, -0.25) is 0 Å². The van der Waals surface area contributed by atoms with E-state index in [1.54, 1.807) is 0 Å². The van der Waals surface area contributed by atoms with Gasteiger partial charge in [-0.1, -0.05) is 116 Å². The van der Waals surface area contributed by atoms with Crippen LogP contribution < -0.4 is 10.4 Å². The van der Waals surface area contributed by atoms with Crippen molar-refractivity contribution in [3.05, 3.63) is 120 Å². The average molecular weight is 437 g/mol. The Balaban J connectivity index is 1.98. The summed E-state index contributed by atoms with van der Waals surface area (Å²) in [6.45, 7) is 12.4. The van der Waals surface area contributed by atoms with E-state index in [9.17, 15) is 0 Å². The number of hydrogen-bond acceptors (Lipinski definition) is 0. The Morgan fingerprint density at radius 1 is 0.588 bits per heavy atom. The second-order valence-electron chi connectivity index (χ2n) is 8.48. The highest BCUT2D eigenvalue weighted by molar-refractivity contribution is 6.07. The Morgan fingerprint density at radius 3 is 1.91 bits per heavy atom. The molecule has 0 fully saturated rings. The molecular formula is C34H28. The Labute approximate surface area is 201 Å². The first-order valence-electron chi connectivity index (χ1n) is 11.8. The third kappa shape index (κ3) is 3.40. The molecule has 0 heteroatoms. The highest BCUT2D eigenvalue weighted by Gasteiger charge is 2.16. The van der Waals surface area contributed by atoms with Gasteiger partial charge in [-0.2, -0.15) is 0 Å². The van der Waals surface area contributed by atoms with E-state index in [-0.39, 0.29) is 0 Å². The van der Waals surface area contributed by atoms with Crippen molar-refractivity contribution in [1.29, 1.82) is 0 Å². The maximum absolute atomic E-state index is 4.13. The molecule has 0 aliphatic rings. The largest absolute Gasteiger partial charge is 0.0984 e. The highest BCUT2D eigenvalue weighted by atomic mass is 14.2. The molecule has 0 saturated carbocycles. The highest BCUT2D eigenvalue weighted by Crippen LogP contribution is 2.35. The van der Waals surface area contributed by atoms with Gasteiger partial charge in [-0.05, 0) is 85.3 Å². The summed E-state index contributed by atoms with van der Waals surface area (Å²) in [6.07, 6.45) is 8.36. The third-order valence-corrected chi connectivity index (χ3v) is 6.74. The number of fused-ring (bicyclic) bond motifs is 2. The second-order valence-corrected chi connectivity index (χ2v) is 8.48. The zero-order chi connectivity index (χ0) is 23.7. The minimum absolute atomic E-state index is 1.10. The summed E-state index contributed by atoms with van der Waals surface area (Å²) in [7, 11) is 0. The summed E-state index contributed by atoms with van der Waals surface area (Å²) in [4.78, 5) is 0. The van der Waals surface area contributed by atoms with Crippen molar-refractivity contribution in [2.45, 2.75) is 13.8 Å². The maximum atomic E-state index is 4.13. The Hall–Kier alpha value is -4.16. The van der Waals surface area contributed by atoms with Crippen LogP contribution in [0.15, 0.2) is 98.1 Å². The van der Waals surface area contributed by atoms with E-state index in [4.69, 9.17) is 0 Å². The van der Waals surface area contributed by atoms with Gasteiger partial charge in [0.2, 0.25) is 0 Å². The van der Waals surface area contributed by atoms with Gasteiger partial charge in [0.1, 0.15) is 0 Å². The maximum Gasteiger partial charge on any atom is -0.00236 e. The Morgan fingerprint density at radius 2 is 1.24 bits per heavy atom. The molecule has 164 valence electrons. The summed E-state index contributed by atoms with van der Waals surface area (Å²) in [5.74, 6) is 0. The van der Waals surface area contributed by atoms with Gasteiger partial charge in [0.05, 0.1) is 0 Å². The molecule has 5 rings (SSSR count). The van der Waals surface area contributed by atoms with Gasteiger partial charge in [-0.15, -0.1) is 0 Å². The minimum atomic E-state index is 1.10. The minimum Gasteiger partial charge on any atom is -0.0984 e. The van der Waals surface area contributed by atoms with Crippen molar-refractivity contribution in [3.8, 4) is 22.3 Å². The molecule has 0 bridgehead atoms. The van der Waals surface area contributed by atoms with Crippen LogP contribution in [0.5, 0.6) is 0 Å². The third-order valence-electron chi connectivity index (χ3n) is 6.74. The van der Waals surface area contributed by atoms with Gasteiger partial charge in [-0.25, -0.2) is 0 Å². The molecule has 0 spiro atoms. The fourth-order valence-corrected chi connectivity index (χ4v) is 5.23. The summed E-state index contributed by atoms with van der Waals surface area (Å²) in [6, 6.07) is 30.5. The molecule has 0 radical (unpaired) electrons. The zero-order valence-electron chi connectivity index (χ0n) is 19.8. The molecule has 0 aromatic heterocycles. The summed E-state index contributed by atoms with van der Waals surface area (Å²) >= 11 is 0. The van der Waals surface area contributed by atoms with Crippen LogP contribution in [-0.4, -0.2) is 0 Å².